The van der Waals surface area contributed by atoms with E-state index in [0.717, 1.165) is 0 Å². The van der Waals surface area contributed by atoms with Crippen LogP contribution in [0.5, 0.6) is 0 Å². The van der Waals surface area contributed by atoms with Gasteiger partial charge in [-0.15, -0.1) is 0 Å². The fourth-order valence-electron chi connectivity index (χ4n) is 1.18. The van der Waals surface area contributed by atoms with Gasteiger partial charge in [-0.25, -0.2) is 8.78 Å². The molecule has 0 bridgehead atoms. The molecule has 2 nitrogen and oxygen atoms in total. The second kappa shape index (κ2) is 7.85. The monoisotopic (exact) mass is 208 g/mol. The van der Waals surface area contributed by atoms with Crippen molar-refractivity contribution in [3.63, 3.8) is 0 Å². The zero-order valence-electron chi connectivity index (χ0n) is 8.46. The fourth-order valence-corrected chi connectivity index (χ4v) is 1.18. The quantitative estimate of drug-likeness (QED) is 0.491. The number of halogens is 2. The summed E-state index contributed by atoms with van der Waals surface area (Å²) in [4.78, 5) is 10.3. The van der Waals surface area contributed by atoms with Gasteiger partial charge in [0, 0.05) is 12.3 Å². The summed E-state index contributed by atoms with van der Waals surface area (Å²) < 4.78 is 23.4. The molecule has 1 N–H and O–H groups in total. The molecule has 0 saturated carbocycles. The molecule has 0 aromatic heterocycles. The number of rotatable bonds is 8. The zero-order chi connectivity index (χ0) is 11.0. The Morgan fingerprint density at radius 1 is 1.21 bits per heavy atom. The minimum absolute atomic E-state index is 0.0701. The minimum atomic E-state index is -2.23. The van der Waals surface area contributed by atoms with Crippen LogP contribution in [-0.2, 0) is 4.79 Å². The van der Waals surface area contributed by atoms with E-state index in [-0.39, 0.29) is 12.3 Å². The highest BCUT2D eigenvalue weighted by Gasteiger charge is 2.12. The maximum Gasteiger partial charge on any atom is 0.238 e. The van der Waals surface area contributed by atoms with E-state index in [0.29, 0.717) is 32.0 Å². The number of unbranched alkanes of at least 4 members (excludes halogenated alkanes) is 2. The molecule has 0 aliphatic rings. The summed E-state index contributed by atoms with van der Waals surface area (Å²) in [5.74, 6) is -0.356. The van der Waals surface area contributed by atoms with Crippen molar-refractivity contribution in [1.29, 1.82) is 0 Å². The molecule has 0 radical (unpaired) electrons. The lowest BCUT2D eigenvalue weighted by Gasteiger charge is -2.12. The maximum absolute atomic E-state index is 11.7. The van der Waals surface area contributed by atoms with Crippen molar-refractivity contribution in [3.8, 4) is 0 Å². The Bertz CT molecular complexity index is 151. The molecule has 0 spiro atoms. The first-order valence-electron chi connectivity index (χ1n) is 4.99. The molecule has 0 fully saturated rings. The molecule has 84 valence electrons. The van der Waals surface area contributed by atoms with Gasteiger partial charge in [0.05, 0.1) is 6.10 Å². The van der Waals surface area contributed by atoms with Crippen molar-refractivity contribution >= 4 is 6.29 Å². The van der Waals surface area contributed by atoms with E-state index in [9.17, 15) is 18.7 Å². The molecule has 2 atom stereocenters. The minimum Gasteiger partial charge on any atom is -0.392 e. The van der Waals surface area contributed by atoms with E-state index in [1.807, 2.05) is 0 Å². The third-order valence-electron chi connectivity index (χ3n) is 2.24. The van der Waals surface area contributed by atoms with Gasteiger partial charge in [-0.1, -0.05) is 19.8 Å². The topological polar surface area (TPSA) is 37.3 Å². The number of aldehydes is 1. The molecule has 0 aromatic carbocycles. The Morgan fingerprint density at radius 3 is 2.29 bits per heavy atom. The van der Waals surface area contributed by atoms with E-state index >= 15 is 0 Å². The second-order valence-electron chi connectivity index (χ2n) is 3.59. The molecule has 0 saturated heterocycles. The molecule has 0 aliphatic heterocycles. The number of carbonyl (C=O) groups is 1. The Balaban J connectivity index is 3.31. The Kier molecular flexibility index (Phi) is 7.57. The standard InChI is InChI=1S/C10H18F2O2/c1-8(7-13)9(14)5-3-2-4-6-10(11)12/h7-10,14H,2-6H2,1H3. The number of carbonyl (C=O) groups excluding carboxylic acids is 1. The van der Waals surface area contributed by atoms with Gasteiger partial charge in [-0.3, -0.25) is 0 Å². The van der Waals surface area contributed by atoms with Crippen LogP contribution in [0.1, 0.15) is 39.0 Å². The first-order valence-corrected chi connectivity index (χ1v) is 4.99. The average molecular weight is 208 g/mol. The van der Waals surface area contributed by atoms with E-state index in [1.54, 1.807) is 6.92 Å². The second-order valence-corrected chi connectivity index (χ2v) is 3.59. The smallest absolute Gasteiger partial charge is 0.238 e. The van der Waals surface area contributed by atoms with E-state index in [1.165, 1.54) is 0 Å². The molecule has 0 amide bonds. The lowest BCUT2D eigenvalue weighted by atomic mass is 10.0. The van der Waals surface area contributed by atoms with Crippen LogP contribution in [0.3, 0.4) is 0 Å². The van der Waals surface area contributed by atoms with Crippen LogP contribution in [0.25, 0.3) is 0 Å². The Hall–Kier alpha value is -0.510. The number of alkyl halides is 2. The Labute approximate surface area is 83.3 Å². The molecule has 0 heterocycles. The first-order chi connectivity index (χ1) is 6.57. The van der Waals surface area contributed by atoms with E-state index in [2.05, 4.69) is 0 Å². The predicted molar refractivity (Wildman–Crippen MR) is 50.3 cm³/mol. The highest BCUT2D eigenvalue weighted by molar-refractivity contribution is 5.53. The van der Waals surface area contributed by atoms with Crippen molar-refractivity contribution < 1.29 is 18.7 Å². The molecule has 2 unspecified atom stereocenters. The summed E-state index contributed by atoms with van der Waals surface area (Å²) in [6, 6.07) is 0. The van der Waals surface area contributed by atoms with Gasteiger partial charge >= 0.3 is 0 Å². The first kappa shape index (κ1) is 13.5. The third kappa shape index (κ3) is 6.95. The third-order valence-corrected chi connectivity index (χ3v) is 2.24. The zero-order valence-corrected chi connectivity index (χ0v) is 8.46. The van der Waals surface area contributed by atoms with Crippen LogP contribution >= 0.6 is 0 Å². The number of aliphatic hydroxyl groups is 1. The van der Waals surface area contributed by atoms with Crippen LogP contribution < -0.4 is 0 Å². The van der Waals surface area contributed by atoms with Crippen LogP contribution in [-0.4, -0.2) is 23.9 Å². The lowest BCUT2D eigenvalue weighted by molar-refractivity contribution is -0.113. The van der Waals surface area contributed by atoms with Gasteiger partial charge in [0.1, 0.15) is 6.29 Å². The summed E-state index contributed by atoms with van der Waals surface area (Å²) in [6.07, 6.45) is 0.179. The SMILES string of the molecule is CC(C=O)C(O)CCCCCC(F)F. The van der Waals surface area contributed by atoms with Gasteiger partial charge < -0.3 is 9.90 Å². The summed E-state index contributed by atoms with van der Waals surface area (Å²) in [5.41, 5.74) is 0. The van der Waals surface area contributed by atoms with Gasteiger partial charge in [0.15, 0.2) is 0 Å². The molecule has 4 heteroatoms. The maximum atomic E-state index is 11.7. The van der Waals surface area contributed by atoms with Crippen molar-refractivity contribution in [2.75, 3.05) is 0 Å². The Morgan fingerprint density at radius 2 is 1.79 bits per heavy atom. The van der Waals surface area contributed by atoms with Crippen LogP contribution in [0.15, 0.2) is 0 Å². The molecule has 14 heavy (non-hydrogen) atoms. The van der Waals surface area contributed by atoms with Crippen LogP contribution in [0.4, 0.5) is 8.78 Å². The number of hydrogen-bond donors (Lipinski definition) is 1. The largest absolute Gasteiger partial charge is 0.392 e. The van der Waals surface area contributed by atoms with Crippen LogP contribution in [0, 0.1) is 5.92 Å². The average Bonchev–Trinajstić information content (AvgIpc) is 2.15. The van der Waals surface area contributed by atoms with Crippen molar-refractivity contribution in [2.45, 2.75) is 51.6 Å². The van der Waals surface area contributed by atoms with Crippen LogP contribution in [0.2, 0.25) is 0 Å². The van der Waals surface area contributed by atoms with Gasteiger partial charge in [-0.05, 0) is 12.8 Å². The van der Waals surface area contributed by atoms with Gasteiger partial charge in [0.2, 0.25) is 6.43 Å². The van der Waals surface area contributed by atoms with Crippen molar-refractivity contribution in [3.05, 3.63) is 0 Å². The number of aliphatic hydroxyl groups excluding tert-OH is 1. The summed E-state index contributed by atoms with van der Waals surface area (Å²) >= 11 is 0. The normalized spacial score (nSPS) is 15.5. The molecular formula is C10H18F2O2. The van der Waals surface area contributed by atoms with Gasteiger partial charge in [0.25, 0.3) is 0 Å². The molecular weight excluding hydrogens is 190 g/mol. The number of hydrogen-bond acceptors (Lipinski definition) is 2. The fraction of sp³-hybridized carbons (Fsp3) is 0.900. The van der Waals surface area contributed by atoms with Gasteiger partial charge in [-0.2, -0.15) is 0 Å². The highest BCUT2D eigenvalue weighted by atomic mass is 19.3. The summed E-state index contributed by atoms with van der Waals surface area (Å²) in [6.45, 7) is 1.65. The summed E-state index contributed by atoms with van der Waals surface area (Å²) in [5, 5.41) is 9.35. The molecule has 0 rings (SSSR count). The lowest BCUT2D eigenvalue weighted by Crippen LogP contribution is -2.18. The molecule has 0 aromatic rings. The van der Waals surface area contributed by atoms with Crippen molar-refractivity contribution in [2.24, 2.45) is 5.92 Å². The molecule has 0 aliphatic carbocycles. The van der Waals surface area contributed by atoms with Crippen molar-refractivity contribution in [1.82, 2.24) is 0 Å². The van der Waals surface area contributed by atoms with E-state index < -0.39 is 12.5 Å². The highest BCUT2D eigenvalue weighted by Crippen LogP contribution is 2.12. The summed E-state index contributed by atoms with van der Waals surface area (Å²) in [7, 11) is 0. The van der Waals surface area contributed by atoms with E-state index in [4.69, 9.17) is 0 Å². The predicted octanol–water partition coefficient (Wildman–Crippen LogP) is 2.40.